The van der Waals surface area contributed by atoms with E-state index in [9.17, 15) is 9.90 Å². The lowest BCUT2D eigenvalue weighted by molar-refractivity contribution is -0.138. The Morgan fingerprint density at radius 2 is 1.79 bits per heavy atom. The molecular weight excluding hydrogens is 244 g/mol. The van der Waals surface area contributed by atoms with Crippen LogP contribution >= 0.6 is 0 Å². The number of phenolic OH excluding ortho intramolecular Hbond substituents is 1. The average Bonchev–Trinajstić information content (AvgIpc) is 2.41. The molecule has 1 atom stereocenters. The van der Waals surface area contributed by atoms with Crippen LogP contribution in [0.25, 0.3) is 0 Å². The van der Waals surface area contributed by atoms with Gasteiger partial charge in [0.05, 0.1) is 5.92 Å². The number of ether oxygens (including phenoxy) is 1. The van der Waals surface area contributed by atoms with Crippen LogP contribution in [0, 0.1) is 0 Å². The lowest BCUT2D eigenvalue weighted by atomic mass is 10.00. The van der Waals surface area contributed by atoms with Crippen molar-refractivity contribution in [3.8, 4) is 17.2 Å². The zero-order chi connectivity index (χ0) is 13.8. The van der Waals surface area contributed by atoms with Crippen LogP contribution in [-0.2, 0) is 4.79 Å². The maximum Gasteiger partial charge on any atom is 0.310 e. The first-order chi connectivity index (χ1) is 9.08. The summed E-state index contributed by atoms with van der Waals surface area (Å²) in [6.45, 7) is 1.52. The van der Waals surface area contributed by atoms with E-state index in [1.807, 2.05) is 18.2 Å². The normalized spacial score (nSPS) is 11.8. The first-order valence-electron chi connectivity index (χ1n) is 5.86. The van der Waals surface area contributed by atoms with Crippen LogP contribution in [0.3, 0.4) is 0 Å². The van der Waals surface area contributed by atoms with Crippen molar-refractivity contribution in [2.45, 2.75) is 12.8 Å². The van der Waals surface area contributed by atoms with Gasteiger partial charge in [-0.05, 0) is 37.3 Å². The monoisotopic (exact) mass is 258 g/mol. The maximum atomic E-state index is 11.0. The summed E-state index contributed by atoms with van der Waals surface area (Å²) in [5.74, 6) is -0.684. The van der Waals surface area contributed by atoms with Gasteiger partial charge in [0, 0.05) is 5.56 Å². The largest absolute Gasteiger partial charge is 0.508 e. The highest BCUT2D eigenvalue weighted by Crippen LogP contribution is 2.31. The van der Waals surface area contributed by atoms with Crippen molar-refractivity contribution in [3.05, 3.63) is 54.1 Å². The molecule has 0 spiro atoms. The van der Waals surface area contributed by atoms with Gasteiger partial charge in [-0.25, -0.2) is 0 Å². The average molecular weight is 258 g/mol. The molecule has 0 fully saturated rings. The molecule has 0 saturated carbocycles. The molecule has 2 aromatic rings. The van der Waals surface area contributed by atoms with E-state index in [1.54, 1.807) is 24.3 Å². The number of para-hydroxylation sites is 1. The Morgan fingerprint density at radius 3 is 2.42 bits per heavy atom. The maximum absolute atomic E-state index is 11.0. The summed E-state index contributed by atoms with van der Waals surface area (Å²) in [4.78, 5) is 11.0. The van der Waals surface area contributed by atoms with Crippen LogP contribution in [0.15, 0.2) is 48.5 Å². The molecule has 2 aromatic carbocycles. The van der Waals surface area contributed by atoms with Gasteiger partial charge in [-0.1, -0.05) is 18.2 Å². The molecule has 1 unspecified atom stereocenters. The summed E-state index contributed by atoms with van der Waals surface area (Å²) in [5, 5.41) is 18.7. The molecule has 0 saturated heterocycles. The number of aliphatic carboxylic acids is 1. The second kappa shape index (κ2) is 5.44. The molecule has 0 aliphatic heterocycles. The van der Waals surface area contributed by atoms with E-state index in [2.05, 4.69) is 0 Å². The summed E-state index contributed by atoms with van der Waals surface area (Å²) in [6.07, 6.45) is 0. The Morgan fingerprint density at radius 1 is 1.11 bits per heavy atom. The SMILES string of the molecule is CC(C(=O)O)c1cc(Oc2ccccc2)ccc1O. The van der Waals surface area contributed by atoms with E-state index in [-0.39, 0.29) is 5.75 Å². The second-order valence-electron chi connectivity index (χ2n) is 4.20. The minimum atomic E-state index is -0.993. The molecular formula is C15H14O4. The molecule has 98 valence electrons. The Kier molecular flexibility index (Phi) is 3.71. The van der Waals surface area contributed by atoms with Gasteiger partial charge in [0.1, 0.15) is 17.2 Å². The van der Waals surface area contributed by atoms with E-state index >= 15 is 0 Å². The standard InChI is InChI=1S/C15H14O4/c1-10(15(17)18)13-9-12(7-8-14(13)16)19-11-5-3-2-4-6-11/h2-10,16H,1H3,(H,17,18). The third-order valence-corrected chi connectivity index (χ3v) is 2.81. The van der Waals surface area contributed by atoms with Crippen LogP contribution in [0.5, 0.6) is 17.2 Å². The number of aromatic hydroxyl groups is 1. The van der Waals surface area contributed by atoms with Gasteiger partial charge >= 0.3 is 5.97 Å². The minimum Gasteiger partial charge on any atom is -0.508 e. The summed E-state index contributed by atoms with van der Waals surface area (Å²) >= 11 is 0. The van der Waals surface area contributed by atoms with Gasteiger partial charge in [0.25, 0.3) is 0 Å². The van der Waals surface area contributed by atoms with Crippen LogP contribution in [0.2, 0.25) is 0 Å². The third-order valence-electron chi connectivity index (χ3n) is 2.81. The zero-order valence-electron chi connectivity index (χ0n) is 10.4. The summed E-state index contributed by atoms with van der Waals surface area (Å²) < 4.78 is 5.60. The summed E-state index contributed by atoms with van der Waals surface area (Å²) in [5.41, 5.74) is 0.334. The van der Waals surface area contributed by atoms with Crippen molar-refractivity contribution in [2.75, 3.05) is 0 Å². The third kappa shape index (κ3) is 3.04. The van der Waals surface area contributed by atoms with Gasteiger partial charge in [-0.15, -0.1) is 0 Å². The molecule has 19 heavy (non-hydrogen) atoms. The van der Waals surface area contributed by atoms with E-state index in [0.717, 1.165) is 0 Å². The number of phenols is 1. The van der Waals surface area contributed by atoms with Gasteiger partial charge in [0.2, 0.25) is 0 Å². The van der Waals surface area contributed by atoms with Gasteiger partial charge in [-0.3, -0.25) is 4.79 Å². The van der Waals surface area contributed by atoms with Gasteiger partial charge < -0.3 is 14.9 Å². The van der Waals surface area contributed by atoms with E-state index < -0.39 is 11.9 Å². The van der Waals surface area contributed by atoms with Crippen molar-refractivity contribution < 1.29 is 19.7 Å². The highest BCUT2D eigenvalue weighted by Gasteiger charge is 2.18. The second-order valence-corrected chi connectivity index (χ2v) is 4.20. The molecule has 0 heterocycles. The number of hydrogen-bond acceptors (Lipinski definition) is 3. The van der Waals surface area contributed by atoms with Gasteiger partial charge in [0.15, 0.2) is 0 Å². The molecule has 0 aliphatic rings. The number of carboxylic acid groups (broad SMARTS) is 1. The Hall–Kier alpha value is -2.49. The van der Waals surface area contributed by atoms with Crippen LogP contribution in [0.1, 0.15) is 18.4 Å². The van der Waals surface area contributed by atoms with Gasteiger partial charge in [-0.2, -0.15) is 0 Å². The van der Waals surface area contributed by atoms with Crippen molar-refractivity contribution in [2.24, 2.45) is 0 Å². The first kappa shape index (κ1) is 13.0. The van der Waals surface area contributed by atoms with Crippen LogP contribution in [-0.4, -0.2) is 16.2 Å². The van der Waals surface area contributed by atoms with Crippen molar-refractivity contribution in [1.29, 1.82) is 0 Å². The lowest BCUT2D eigenvalue weighted by Gasteiger charge is -2.12. The summed E-state index contributed by atoms with van der Waals surface area (Å²) in [7, 11) is 0. The number of rotatable bonds is 4. The number of carboxylic acids is 1. The Bertz CT molecular complexity index is 578. The Balaban J connectivity index is 2.28. The predicted molar refractivity (Wildman–Crippen MR) is 70.7 cm³/mol. The van der Waals surface area contributed by atoms with E-state index in [0.29, 0.717) is 17.1 Å². The van der Waals surface area contributed by atoms with E-state index in [1.165, 1.54) is 13.0 Å². The molecule has 4 nitrogen and oxygen atoms in total. The summed E-state index contributed by atoms with van der Waals surface area (Å²) in [6, 6.07) is 13.7. The van der Waals surface area contributed by atoms with Crippen molar-refractivity contribution >= 4 is 5.97 Å². The zero-order valence-corrected chi connectivity index (χ0v) is 10.4. The molecule has 2 N–H and O–H groups in total. The number of benzene rings is 2. The smallest absolute Gasteiger partial charge is 0.310 e. The fourth-order valence-electron chi connectivity index (χ4n) is 1.70. The van der Waals surface area contributed by atoms with Crippen molar-refractivity contribution in [3.63, 3.8) is 0 Å². The fourth-order valence-corrected chi connectivity index (χ4v) is 1.70. The predicted octanol–water partition coefficient (Wildman–Crippen LogP) is 3.37. The number of hydrogen-bond donors (Lipinski definition) is 2. The van der Waals surface area contributed by atoms with E-state index in [4.69, 9.17) is 9.84 Å². The molecule has 4 heteroatoms. The molecule has 2 rings (SSSR count). The number of carbonyl (C=O) groups is 1. The quantitative estimate of drug-likeness (QED) is 0.882. The molecule has 0 aromatic heterocycles. The lowest BCUT2D eigenvalue weighted by Crippen LogP contribution is -2.07. The van der Waals surface area contributed by atoms with Crippen molar-refractivity contribution in [1.82, 2.24) is 0 Å². The minimum absolute atomic E-state index is 0.0460. The topological polar surface area (TPSA) is 66.8 Å². The Labute approximate surface area is 110 Å². The highest BCUT2D eigenvalue weighted by molar-refractivity contribution is 5.76. The molecule has 0 amide bonds. The first-order valence-corrected chi connectivity index (χ1v) is 5.86. The van der Waals surface area contributed by atoms with Crippen LogP contribution in [0.4, 0.5) is 0 Å². The highest BCUT2D eigenvalue weighted by atomic mass is 16.5. The van der Waals surface area contributed by atoms with Crippen LogP contribution < -0.4 is 4.74 Å². The molecule has 0 aliphatic carbocycles. The molecule has 0 radical (unpaired) electrons. The molecule has 0 bridgehead atoms. The fraction of sp³-hybridized carbons (Fsp3) is 0.133.